The molecule has 1 fully saturated rings. The van der Waals surface area contributed by atoms with Gasteiger partial charge in [-0.2, -0.15) is 0 Å². The molecule has 1 unspecified atom stereocenters. The summed E-state index contributed by atoms with van der Waals surface area (Å²) in [6.07, 6.45) is 2.60. The lowest BCUT2D eigenvalue weighted by Gasteiger charge is -2.32. The summed E-state index contributed by atoms with van der Waals surface area (Å²) in [6, 6.07) is 5.91. The molecule has 1 saturated heterocycles. The lowest BCUT2D eigenvalue weighted by molar-refractivity contribution is -0.131. The topological polar surface area (TPSA) is 67.2 Å². The van der Waals surface area contributed by atoms with E-state index in [1.54, 1.807) is 0 Å². The number of aryl methyl sites for hydroxylation is 1. The number of para-hydroxylation sites is 1. The summed E-state index contributed by atoms with van der Waals surface area (Å²) in [5.74, 6) is 0.795. The monoisotopic (exact) mass is 301 g/mol. The fourth-order valence-corrected chi connectivity index (χ4v) is 2.99. The summed E-state index contributed by atoms with van der Waals surface area (Å²) in [5, 5.41) is 6.32. The van der Waals surface area contributed by atoms with Gasteiger partial charge >= 0.3 is 0 Å². The van der Waals surface area contributed by atoms with Crippen LogP contribution in [0.25, 0.3) is 11.1 Å². The molecule has 0 spiro atoms. The fourth-order valence-electron chi connectivity index (χ4n) is 2.99. The molecular weight excluding hydrogens is 278 g/mol. The van der Waals surface area contributed by atoms with Crippen LogP contribution >= 0.6 is 0 Å². The van der Waals surface area contributed by atoms with Crippen LogP contribution in [0.3, 0.4) is 0 Å². The van der Waals surface area contributed by atoms with Gasteiger partial charge in [-0.1, -0.05) is 12.1 Å². The second kappa shape index (κ2) is 6.08. The third kappa shape index (κ3) is 2.99. The number of carbonyl (C=O) groups is 1. The molecule has 5 heteroatoms. The Morgan fingerprint density at radius 1 is 1.50 bits per heavy atom. The molecule has 0 saturated carbocycles. The number of nitrogens with one attached hydrogen (secondary N) is 2. The lowest BCUT2D eigenvalue weighted by Crippen LogP contribution is -2.49. The number of aromatic nitrogens is 1. The van der Waals surface area contributed by atoms with E-state index in [9.17, 15) is 4.79 Å². The molecule has 1 aliphatic heterocycles. The smallest absolute Gasteiger partial charge is 0.227 e. The number of nitrogens with zero attached hydrogens (tertiary/aromatic N) is 1. The van der Waals surface area contributed by atoms with Gasteiger partial charge in [-0.05, 0) is 44.9 Å². The van der Waals surface area contributed by atoms with E-state index in [-0.39, 0.29) is 11.3 Å². The minimum Gasteiger partial charge on any atom is -0.441 e. The number of benzene rings is 1. The van der Waals surface area contributed by atoms with Gasteiger partial charge in [0, 0.05) is 19.5 Å². The standard InChI is InChI=1S/C17H23N3O2/c1-12-5-3-6-13-15(12)20-14(22-13)7-10-19-16(21)17(2)8-4-9-18-11-17/h3,5-6,18H,4,7-11H2,1-2H3,(H,19,21). The largest absolute Gasteiger partial charge is 0.441 e. The van der Waals surface area contributed by atoms with Crippen LogP contribution in [-0.4, -0.2) is 30.5 Å². The minimum absolute atomic E-state index is 0.118. The maximum atomic E-state index is 12.3. The van der Waals surface area contributed by atoms with Gasteiger partial charge in [-0.25, -0.2) is 4.98 Å². The molecule has 0 bridgehead atoms. The summed E-state index contributed by atoms with van der Waals surface area (Å²) in [5.41, 5.74) is 2.53. The highest BCUT2D eigenvalue weighted by atomic mass is 16.3. The maximum absolute atomic E-state index is 12.3. The predicted octanol–water partition coefficient (Wildman–Crippen LogP) is 2.18. The number of oxazole rings is 1. The zero-order chi connectivity index (χ0) is 15.6. The molecular formula is C17H23N3O2. The molecule has 22 heavy (non-hydrogen) atoms. The van der Waals surface area contributed by atoms with Gasteiger partial charge < -0.3 is 15.1 Å². The Balaban J connectivity index is 1.58. The van der Waals surface area contributed by atoms with Crippen molar-refractivity contribution in [2.24, 2.45) is 5.41 Å². The first-order valence-electron chi connectivity index (χ1n) is 7.92. The third-order valence-corrected chi connectivity index (χ3v) is 4.43. The van der Waals surface area contributed by atoms with E-state index in [4.69, 9.17) is 4.42 Å². The van der Waals surface area contributed by atoms with Crippen LogP contribution < -0.4 is 10.6 Å². The van der Waals surface area contributed by atoms with Crippen LogP contribution in [0, 0.1) is 12.3 Å². The van der Waals surface area contributed by atoms with Crippen LogP contribution in [0.15, 0.2) is 22.6 Å². The normalized spacial score (nSPS) is 21.9. The van der Waals surface area contributed by atoms with E-state index in [2.05, 4.69) is 15.6 Å². The maximum Gasteiger partial charge on any atom is 0.227 e. The van der Waals surface area contributed by atoms with E-state index in [0.717, 1.165) is 42.6 Å². The summed E-state index contributed by atoms with van der Waals surface area (Å²) in [4.78, 5) is 16.8. The van der Waals surface area contributed by atoms with E-state index in [1.165, 1.54) is 0 Å². The van der Waals surface area contributed by atoms with Crippen molar-refractivity contribution in [3.05, 3.63) is 29.7 Å². The summed E-state index contributed by atoms with van der Waals surface area (Å²) in [6.45, 7) is 6.36. The quantitative estimate of drug-likeness (QED) is 0.908. The number of rotatable bonds is 4. The van der Waals surface area contributed by atoms with E-state index in [0.29, 0.717) is 18.9 Å². The van der Waals surface area contributed by atoms with Crippen molar-refractivity contribution in [1.82, 2.24) is 15.6 Å². The number of piperidine rings is 1. The Morgan fingerprint density at radius 3 is 3.09 bits per heavy atom. The highest BCUT2D eigenvalue weighted by molar-refractivity contribution is 5.82. The number of hydrogen-bond donors (Lipinski definition) is 2. The summed E-state index contributed by atoms with van der Waals surface area (Å²) >= 11 is 0. The molecule has 5 nitrogen and oxygen atoms in total. The molecule has 118 valence electrons. The van der Waals surface area contributed by atoms with Crippen molar-refractivity contribution in [2.45, 2.75) is 33.1 Å². The van der Waals surface area contributed by atoms with Gasteiger partial charge in [0.2, 0.25) is 5.91 Å². The first kappa shape index (κ1) is 15.0. The molecule has 3 rings (SSSR count). The summed E-state index contributed by atoms with van der Waals surface area (Å²) < 4.78 is 5.73. The Morgan fingerprint density at radius 2 is 2.36 bits per heavy atom. The van der Waals surface area contributed by atoms with Crippen LogP contribution in [0.4, 0.5) is 0 Å². The van der Waals surface area contributed by atoms with Crippen molar-refractivity contribution in [3.8, 4) is 0 Å². The highest BCUT2D eigenvalue weighted by Crippen LogP contribution is 2.25. The van der Waals surface area contributed by atoms with Gasteiger partial charge in [-0.3, -0.25) is 4.79 Å². The van der Waals surface area contributed by atoms with Crippen molar-refractivity contribution < 1.29 is 9.21 Å². The van der Waals surface area contributed by atoms with Crippen LogP contribution in [-0.2, 0) is 11.2 Å². The van der Waals surface area contributed by atoms with Gasteiger partial charge in [0.25, 0.3) is 0 Å². The molecule has 1 atom stereocenters. The van der Waals surface area contributed by atoms with Gasteiger partial charge in [0.1, 0.15) is 5.52 Å². The number of amides is 1. The predicted molar refractivity (Wildman–Crippen MR) is 85.7 cm³/mol. The van der Waals surface area contributed by atoms with Crippen molar-refractivity contribution >= 4 is 17.0 Å². The average molecular weight is 301 g/mol. The molecule has 0 aliphatic carbocycles. The second-order valence-corrected chi connectivity index (χ2v) is 6.38. The van der Waals surface area contributed by atoms with Crippen molar-refractivity contribution in [2.75, 3.05) is 19.6 Å². The molecule has 2 heterocycles. The Hall–Kier alpha value is -1.88. The zero-order valence-electron chi connectivity index (χ0n) is 13.2. The van der Waals surface area contributed by atoms with E-state index < -0.39 is 0 Å². The van der Waals surface area contributed by atoms with Crippen molar-refractivity contribution in [3.63, 3.8) is 0 Å². The molecule has 1 amide bonds. The third-order valence-electron chi connectivity index (χ3n) is 4.43. The fraction of sp³-hybridized carbons (Fsp3) is 0.529. The average Bonchev–Trinajstić information content (AvgIpc) is 2.92. The summed E-state index contributed by atoms with van der Waals surface area (Å²) in [7, 11) is 0. The Bertz CT molecular complexity index is 672. The van der Waals surface area contributed by atoms with E-state index >= 15 is 0 Å². The molecule has 1 aromatic heterocycles. The molecule has 1 aromatic carbocycles. The first-order valence-corrected chi connectivity index (χ1v) is 7.92. The minimum atomic E-state index is -0.295. The SMILES string of the molecule is Cc1cccc2oc(CCNC(=O)C3(C)CCCNC3)nc12. The van der Waals surface area contributed by atoms with Crippen LogP contribution in [0.2, 0.25) is 0 Å². The van der Waals surface area contributed by atoms with Crippen LogP contribution in [0.1, 0.15) is 31.2 Å². The number of carbonyl (C=O) groups excluding carboxylic acids is 1. The molecule has 0 radical (unpaired) electrons. The Kier molecular flexibility index (Phi) is 4.16. The first-order chi connectivity index (χ1) is 10.6. The molecule has 2 N–H and O–H groups in total. The molecule has 1 aliphatic rings. The second-order valence-electron chi connectivity index (χ2n) is 6.38. The zero-order valence-corrected chi connectivity index (χ0v) is 13.2. The highest BCUT2D eigenvalue weighted by Gasteiger charge is 2.34. The van der Waals surface area contributed by atoms with Crippen molar-refractivity contribution in [1.29, 1.82) is 0 Å². The Labute approximate surface area is 130 Å². The number of fused-ring (bicyclic) bond motifs is 1. The van der Waals surface area contributed by atoms with Gasteiger partial charge in [-0.15, -0.1) is 0 Å². The van der Waals surface area contributed by atoms with E-state index in [1.807, 2.05) is 32.0 Å². The van der Waals surface area contributed by atoms with Gasteiger partial charge in [0.05, 0.1) is 5.41 Å². The van der Waals surface area contributed by atoms with Crippen LogP contribution in [0.5, 0.6) is 0 Å². The number of hydrogen-bond acceptors (Lipinski definition) is 4. The lowest BCUT2D eigenvalue weighted by atomic mass is 9.82. The molecule has 2 aromatic rings. The van der Waals surface area contributed by atoms with Gasteiger partial charge in [0.15, 0.2) is 11.5 Å².